The van der Waals surface area contributed by atoms with Gasteiger partial charge in [-0.05, 0) is 18.3 Å². The second-order valence-corrected chi connectivity index (χ2v) is 4.71. The molecule has 0 radical (unpaired) electrons. The van der Waals surface area contributed by atoms with E-state index in [1.807, 2.05) is 13.8 Å². The predicted molar refractivity (Wildman–Crippen MR) is 69.9 cm³/mol. The summed E-state index contributed by atoms with van der Waals surface area (Å²) in [7, 11) is 0. The molecule has 0 heterocycles. The van der Waals surface area contributed by atoms with Gasteiger partial charge in [0.05, 0.1) is 13.1 Å². The Morgan fingerprint density at radius 1 is 1.39 bits per heavy atom. The summed E-state index contributed by atoms with van der Waals surface area (Å²) < 4.78 is 0. The molecular formula is C13H22N2O3. The Hall–Kier alpha value is -1.54. The monoisotopic (exact) mass is 254 g/mol. The van der Waals surface area contributed by atoms with Gasteiger partial charge in [-0.2, -0.15) is 0 Å². The highest BCUT2D eigenvalue weighted by atomic mass is 16.4. The molecule has 0 fully saturated rings. The maximum atomic E-state index is 11.4. The third-order valence-electron chi connectivity index (χ3n) is 2.37. The summed E-state index contributed by atoms with van der Waals surface area (Å²) in [6, 6.07) is 0. The second kappa shape index (κ2) is 9.49. The van der Waals surface area contributed by atoms with E-state index in [0.717, 1.165) is 6.42 Å². The fourth-order valence-electron chi connectivity index (χ4n) is 1.72. The van der Waals surface area contributed by atoms with Gasteiger partial charge in [-0.1, -0.05) is 19.8 Å². The number of amides is 1. The number of carboxylic acid groups (broad SMARTS) is 1. The van der Waals surface area contributed by atoms with Gasteiger partial charge < -0.3 is 10.4 Å². The Bertz CT molecular complexity index is 308. The van der Waals surface area contributed by atoms with Crippen LogP contribution in [-0.2, 0) is 9.59 Å². The minimum Gasteiger partial charge on any atom is -0.481 e. The first-order chi connectivity index (χ1) is 8.45. The number of hydrogen-bond acceptors (Lipinski definition) is 3. The normalized spacial score (nSPS) is 11.9. The minimum atomic E-state index is -0.833. The summed E-state index contributed by atoms with van der Waals surface area (Å²) in [5.74, 6) is 1.76. The molecule has 0 aromatic rings. The standard InChI is InChI=1S/C13H22N2O3/c1-4-5-14-9-12(16)15-8-11(6-10(2)3)7-13(17)18/h1,10-11,14H,5-9H2,2-3H3,(H,15,16)(H,17,18)/t11-/m0/s1. The Morgan fingerprint density at radius 2 is 2.06 bits per heavy atom. The van der Waals surface area contributed by atoms with Crippen molar-refractivity contribution in [2.45, 2.75) is 26.7 Å². The molecule has 1 amide bonds. The fourth-order valence-corrected chi connectivity index (χ4v) is 1.72. The van der Waals surface area contributed by atoms with E-state index in [9.17, 15) is 9.59 Å². The van der Waals surface area contributed by atoms with Gasteiger partial charge in [0.1, 0.15) is 0 Å². The van der Waals surface area contributed by atoms with E-state index in [1.165, 1.54) is 0 Å². The minimum absolute atomic E-state index is 0.0286. The van der Waals surface area contributed by atoms with Gasteiger partial charge >= 0.3 is 5.97 Å². The summed E-state index contributed by atoms with van der Waals surface area (Å²) in [6.07, 6.45) is 5.90. The molecular weight excluding hydrogens is 232 g/mol. The SMILES string of the molecule is C#CCNCC(=O)NC[C@H](CC(=O)O)CC(C)C. The smallest absolute Gasteiger partial charge is 0.303 e. The largest absolute Gasteiger partial charge is 0.481 e. The number of carbonyl (C=O) groups excluding carboxylic acids is 1. The van der Waals surface area contributed by atoms with Crippen LogP contribution in [0.1, 0.15) is 26.7 Å². The lowest BCUT2D eigenvalue weighted by molar-refractivity contribution is -0.138. The summed E-state index contributed by atoms with van der Waals surface area (Å²) >= 11 is 0. The van der Waals surface area contributed by atoms with Crippen molar-refractivity contribution in [2.24, 2.45) is 11.8 Å². The summed E-state index contributed by atoms with van der Waals surface area (Å²) in [6.45, 7) is 4.96. The van der Waals surface area contributed by atoms with Crippen LogP contribution in [0.5, 0.6) is 0 Å². The molecule has 18 heavy (non-hydrogen) atoms. The van der Waals surface area contributed by atoms with Crippen molar-refractivity contribution >= 4 is 11.9 Å². The number of nitrogens with one attached hydrogen (secondary N) is 2. The molecule has 5 nitrogen and oxygen atoms in total. The molecule has 0 aliphatic heterocycles. The third-order valence-corrected chi connectivity index (χ3v) is 2.37. The van der Waals surface area contributed by atoms with Crippen LogP contribution in [0.25, 0.3) is 0 Å². The summed E-state index contributed by atoms with van der Waals surface area (Å²) in [4.78, 5) is 22.1. The molecule has 0 saturated carbocycles. The Labute approximate surface area is 108 Å². The number of carboxylic acids is 1. The number of carbonyl (C=O) groups is 2. The van der Waals surface area contributed by atoms with Crippen molar-refractivity contribution in [2.75, 3.05) is 19.6 Å². The molecule has 5 heteroatoms. The first-order valence-corrected chi connectivity index (χ1v) is 6.08. The lowest BCUT2D eigenvalue weighted by Crippen LogP contribution is -2.37. The van der Waals surface area contributed by atoms with Crippen molar-refractivity contribution in [3.05, 3.63) is 0 Å². The second-order valence-electron chi connectivity index (χ2n) is 4.71. The molecule has 1 atom stereocenters. The lowest BCUT2D eigenvalue weighted by Gasteiger charge is -2.17. The van der Waals surface area contributed by atoms with Crippen molar-refractivity contribution in [3.8, 4) is 12.3 Å². The Kier molecular flexibility index (Phi) is 8.67. The molecule has 0 rings (SSSR count). The Balaban J connectivity index is 3.97. The molecule has 0 bridgehead atoms. The van der Waals surface area contributed by atoms with Crippen LogP contribution in [0.15, 0.2) is 0 Å². The highest BCUT2D eigenvalue weighted by molar-refractivity contribution is 5.78. The predicted octanol–water partition coefficient (Wildman–Crippen LogP) is 0.462. The lowest BCUT2D eigenvalue weighted by atomic mass is 9.94. The van der Waals surface area contributed by atoms with Gasteiger partial charge in [-0.25, -0.2) is 0 Å². The van der Waals surface area contributed by atoms with Crippen molar-refractivity contribution < 1.29 is 14.7 Å². The fraction of sp³-hybridized carbons (Fsp3) is 0.692. The molecule has 0 spiro atoms. The Morgan fingerprint density at radius 3 is 2.56 bits per heavy atom. The van der Waals surface area contributed by atoms with Crippen LogP contribution in [0, 0.1) is 24.2 Å². The molecule has 0 aliphatic carbocycles. The maximum Gasteiger partial charge on any atom is 0.303 e. The van der Waals surface area contributed by atoms with Crippen molar-refractivity contribution in [1.29, 1.82) is 0 Å². The van der Waals surface area contributed by atoms with Crippen molar-refractivity contribution in [3.63, 3.8) is 0 Å². The molecule has 0 aromatic heterocycles. The zero-order chi connectivity index (χ0) is 14.0. The van der Waals surface area contributed by atoms with Gasteiger partial charge in [0.25, 0.3) is 0 Å². The molecule has 0 aliphatic rings. The van der Waals surface area contributed by atoms with Crippen LogP contribution < -0.4 is 10.6 Å². The topological polar surface area (TPSA) is 78.4 Å². The van der Waals surface area contributed by atoms with Crippen LogP contribution in [0.4, 0.5) is 0 Å². The number of aliphatic carboxylic acids is 1. The van der Waals surface area contributed by atoms with Crippen LogP contribution in [0.2, 0.25) is 0 Å². The molecule has 0 unspecified atom stereocenters. The van der Waals surface area contributed by atoms with Crippen LogP contribution in [-0.4, -0.2) is 36.6 Å². The third kappa shape index (κ3) is 9.67. The first-order valence-electron chi connectivity index (χ1n) is 6.08. The van der Waals surface area contributed by atoms with Crippen LogP contribution >= 0.6 is 0 Å². The average molecular weight is 254 g/mol. The maximum absolute atomic E-state index is 11.4. The van der Waals surface area contributed by atoms with Gasteiger partial charge in [-0.15, -0.1) is 6.42 Å². The highest BCUT2D eigenvalue weighted by Crippen LogP contribution is 2.14. The van der Waals surface area contributed by atoms with Gasteiger partial charge in [0, 0.05) is 13.0 Å². The van der Waals surface area contributed by atoms with E-state index in [1.54, 1.807) is 0 Å². The molecule has 102 valence electrons. The first kappa shape index (κ1) is 16.5. The zero-order valence-corrected chi connectivity index (χ0v) is 11.0. The zero-order valence-electron chi connectivity index (χ0n) is 11.0. The van der Waals surface area contributed by atoms with Gasteiger partial charge in [0.15, 0.2) is 0 Å². The molecule has 0 saturated heterocycles. The average Bonchev–Trinajstić information content (AvgIpc) is 2.25. The number of rotatable bonds is 9. The molecule has 3 N–H and O–H groups in total. The quantitative estimate of drug-likeness (QED) is 0.413. The molecule has 0 aromatic carbocycles. The van der Waals surface area contributed by atoms with Gasteiger partial charge in [-0.3, -0.25) is 14.9 Å². The number of terminal acetylenes is 1. The summed E-state index contributed by atoms with van der Waals surface area (Å²) in [5.41, 5.74) is 0. The van der Waals surface area contributed by atoms with E-state index in [0.29, 0.717) is 19.0 Å². The van der Waals surface area contributed by atoms with E-state index >= 15 is 0 Å². The van der Waals surface area contributed by atoms with Gasteiger partial charge in [0.2, 0.25) is 5.91 Å². The highest BCUT2D eigenvalue weighted by Gasteiger charge is 2.15. The summed E-state index contributed by atoms with van der Waals surface area (Å²) in [5, 5.41) is 14.3. The van der Waals surface area contributed by atoms with Crippen LogP contribution in [0.3, 0.4) is 0 Å². The number of hydrogen-bond donors (Lipinski definition) is 3. The van der Waals surface area contributed by atoms with E-state index in [4.69, 9.17) is 11.5 Å². The van der Waals surface area contributed by atoms with E-state index < -0.39 is 5.97 Å². The van der Waals surface area contributed by atoms with Crippen molar-refractivity contribution in [1.82, 2.24) is 10.6 Å². The van der Waals surface area contributed by atoms with E-state index in [2.05, 4.69) is 16.6 Å². The van der Waals surface area contributed by atoms with E-state index in [-0.39, 0.29) is 24.8 Å².